The molecule has 2 saturated heterocycles. The van der Waals surface area contributed by atoms with Crippen LogP contribution in [0.3, 0.4) is 0 Å². The molecule has 2 N–H and O–H groups in total. The molecule has 0 aliphatic carbocycles. The number of nitrogens with zero attached hydrogens (tertiary/aromatic N) is 3. The van der Waals surface area contributed by atoms with Gasteiger partial charge in [-0.1, -0.05) is 24.3 Å². The molecule has 0 spiro atoms. The summed E-state index contributed by atoms with van der Waals surface area (Å²) < 4.78 is 11.4. The number of benzene rings is 1. The van der Waals surface area contributed by atoms with Crippen molar-refractivity contribution in [1.29, 1.82) is 0 Å². The molecule has 180 valence electrons. The Morgan fingerprint density at radius 2 is 1.72 bits per heavy atom. The molecule has 32 heavy (non-hydrogen) atoms. The van der Waals surface area contributed by atoms with E-state index in [0.717, 1.165) is 65.0 Å². The largest absolute Gasteiger partial charge is 0.379 e. The van der Waals surface area contributed by atoms with Crippen molar-refractivity contribution < 1.29 is 9.47 Å². The van der Waals surface area contributed by atoms with Gasteiger partial charge in [0.25, 0.3) is 0 Å². The molecule has 1 aromatic carbocycles. The van der Waals surface area contributed by atoms with Crippen molar-refractivity contribution in [2.75, 3.05) is 52.5 Å². The van der Waals surface area contributed by atoms with Gasteiger partial charge in [-0.15, -0.1) is 0 Å². The van der Waals surface area contributed by atoms with Crippen molar-refractivity contribution in [2.45, 2.75) is 65.5 Å². The van der Waals surface area contributed by atoms with Gasteiger partial charge in [0.05, 0.1) is 32.0 Å². The predicted molar refractivity (Wildman–Crippen MR) is 131 cm³/mol. The Morgan fingerprint density at radius 3 is 2.38 bits per heavy atom. The first kappa shape index (κ1) is 25.0. The van der Waals surface area contributed by atoms with E-state index >= 15 is 0 Å². The van der Waals surface area contributed by atoms with Gasteiger partial charge >= 0.3 is 0 Å². The standard InChI is InChI=1S/C25H43N5O2/c1-6-26-24(28-19-25(4,5)30-16-20(2)32-21(3)17-30)27-15-22-9-7-8-10-23(22)18-29-11-13-31-14-12-29/h7-10,20-21H,6,11-19H2,1-5H3,(H2,26,27,28). The Balaban J connectivity index is 1.61. The summed E-state index contributed by atoms with van der Waals surface area (Å²) in [7, 11) is 0. The van der Waals surface area contributed by atoms with Crippen LogP contribution in [0.4, 0.5) is 0 Å². The second-order valence-electron chi connectivity index (χ2n) is 9.68. The summed E-state index contributed by atoms with van der Waals surface area (Å²) >= 11 is 0. The van der Waals surface area contributed by atoms with Gasteiger partial charge in [0.2, 0.25) is 0 Å². The summed E-state index contributed by atoms with van der Waals surface area (Å²) in [6.07, 6.45) is 0.533. The van der Waals surface area contributed by atoms with Crippen LogP contribution in [-0.4, -0.2) is 86.0 Å². The number of nitrogens with one attached hydrogen (secondary N) is 2. The summed E-state index contributed by atoms with van der Waals surface area (Å²) in [5, 5.41) is 7.00. The van der Waals surface area contributed by atoms with Crippen LogP contribution in [0.5, 0.6) is 0 Å². The zero-order chi connectivity index (χ0) is 23.0. The Hall–Kier alpha value is -1.67. The van der Waals surface area contributed by atoms with Crippen molar-refractivity contribution in [1.82, 2.24) is 20.4 Å². The topological polar surface area (TPSA) is 61.4 Å². The molecule has 0 saturated carbocycles. The molecule has 1 aromatic rings. The highest BCUT2D eigenvalue weighted by Gasteiger charge is 2.33. The van der Waals surface area contributed by atoms with Crippen LogP contribution < -0.4 is 10.6 Å². The summed E-state index contributed by atoms with van der Waals surface area (Å²) in [6, 6.07) is 8.66. The molecule has 2 unspecified atom stereocenters. The van der Waals surface area contributed by atoms with E-state index in [2.05, 4.69) is 79.3 Å². The van der Waals surface area contributed by atoms with E-state index in [9.17, 15) is 0 Å². The lowest BCUT2D eigenvalue weighted by atomic mass is 10.00. The normalized spacial score (nSPS) is 23.8. The molecule has 2 fully saturated rings. The monoisotopic (exact) mass is 445 g/mol. The fourth-order valence-corrected chi connectivity index (χ4v) is 4.46. The number of rotatable bonds is 8. The van der Waals surface area contributed by atoms with Crippen LogP contribution in [0.1, 0.15) is 45.7 Å². The van der Waals surface area contributed by atoms with Crippen LogP contribution >= 0.6 is 0 Å². The maximum absolute atomic E-state index is 5.92. The maximum Gasteiger partial charge on any atom is 0.191 e. The van der Waals surface area contributed by atoms with Gasteiger partial charge in [0, 0.05) is 51.4 Å². The average Bonchev–Trinajstić information content (AvgIpc) is 2.77. The number of hydrogen-bond donors (Lipinski definition) is 2. The third-order valence-corrected chi connectivity index (χ3v) is 6.33. The first-order valence-corrected chi connectivity index (χ1v) is 12.2. The van der Waals surface area contributed by atoms with E-state index in [4.69, 9.17) is 14.5 Å². The first-order chi connectivity index (χ1) is 15.4. The van der Waals surface area contributed by atoms with E-state index in [-0.39, 0.29) is 17.7 Å². The van der Waals surface area contributed by atoms with Gasteiger partial charge < -0.3 is 20.1 Å². The van der Waals surface area contributed by atoms with Gasteiger partial charge in [-0.2, -0.15) is 0 Å². The third kappa shape index (κ3) is 7.44. The molecule has 3 rings (SSSR count). The molecule has 0 amide bonds. The smallest absolute Gasteiger partial charge is 0.191 e. The van der Waals surface area contributed by atoms with E-state index in [1.165, 1.54) is 11.1 Å². The van der Waals surface area contributed by atoms with Gasteiger partial charge in [-0.25, -0.2) is 4.99 Å². The molecule has 2 heterocycles. The fraction of sp³-hybridized carbons (Fsp3) is 0.720. The van der Waals surface area contributed by atoms with E-state index in [0.29, 0.717) is 6.54 Å². The molecule has 0 aromatic heterocycles. The lowest BCUT2D eigenvalue weighted by Gasteiger charge is -2.45. The Bertz CT molecular complexity index is 723. The summed E-state index contributed by atoms with van der Waals surface area (Å²) in [4.78, 5) is 9.91. The van der Waals surface area contributed by atoms with Crippen LogP contribution in [-0.2, 0) is 22.6 Å². The van der Waals surface area contributed by atoms with Crippen molar-refractivity contribution in [3.05, 3.63) is 35.4 Å². The molecule has 2 aliphatic rings. The SMILES string of the molecule is CCNC(=NCc1ccccc1CN1CCOCC1)NCC(C)(C)N1CC(C)OC(C)C1. The molecular weight excluding hydrogens is 402 g/mol. The minimum absolute atomic E-state index is 0.0106. The van der Waals surface area contributed by atoms with Crippen LogP contribution in [0, 0.1) is 0 Å². The number of aliphatic imine (C=N–C) groups is 1. The minimum Gasteiger partial charge on any atom is -0.379 e. The van der Waals surface area contributed by atoms with Crippen molar-refractivity contribution >= 4 is 5.96 Å². The number of morpholine rings is 2. The van der Waals surface area contributed by atoms with Crippen molar-refractivity contribution in [3.63, 3.8) is 0 Å². The molecule has 0 bridgehead atoms. The van der Waals surface area contributed by atoms with Gasteiger partial charge in [0.15, 0.2) is 5.96 Å². The number of guanidine groups is 1. The summed E-state index contributed by atoms with van der Waals surface area (Å²) in [6.45, 7) is 19.9. The van der Waals surface area contributed by atoms with Crippen LogP contribution in [0.25, 0.3) is 0 Å². The third-order valence-electron chi connectivity index (χ3n) is 6.33. The molecular formula is C25H43N5O2. The molecule has 7 nitrogen and oxygen atoms in total. The van der Waals surface area contributed by atoms with Crippen LogP contribution in [0.15, 0.2) is 29.3 Å². The highest BCUT2D eigenvalue weighted by molar-refractivity contribution is 5.79. The Labute approximate surface area is 194 Å². The van der Waals surface area contributed by atoms with E-state index < -0.39 is 0 Å². The highest BCUT2D eigenvalue weighted by atomic mass is 16.5. The first-order valence-electron chi connectivity index (χ1n) is 12.2. The number of ether oxygens (including phenoxy) is 2. The van der Waals surface area contributed by atoms with Crippen molar-refractivity contribution in [3.8, 4) is 0 Å². The lowest BCUT2D eigenvalue weighted by Crippen LogP contribution is -2.59. The minimum atomic E-state index is 0.0106. The number of hydrogen-bond acceptors (Lipinski definition) is 5. The van der Waals surface area contributed by atoms with E-state index in [1.807, 2.05) is 0 Å². The van der Waals surface area contributed by atoms with Crippen LogP contribution in [0.2, 0.25) is 0 Å². The quantitative estimate of drug-likeness (QED) is 0.474. The zero-order valence-corrected chi connectivity index (χ0v) is 20.7. The summed E-state index contributed by atoms with van der Waals surface area (Å²) in [5.74, 6) is 0.871. The average molecular weight is 446 g/mol. The molecule has 0 radical (unpaired) electrons. The molecule has 7 heteroatoms. The van der Waals surface area contributed by atoms with Gasteiger partial charge in [-0.3, -0.25) is 9.80 Å². The summed E-state index contributed by atoms with van der Waals surface area (Å²) in [5.41, 5.74) is 2.65. The van der Waals surface area contributed by atoms with E-state index in [1.54, 1.807) is 0 Å². The molecule has 2 aliphatic heterocycles. The second kappa shape index (κ2) is 12.0. The highest BCUT2D eigenvalue weighted by Crippen LogP contribution is 2.20. The van der Waals surface area contributed by atoms with Crippen molar-refractivity contribution in [2.24, 2.45) is 4.99 Å². The Morgan fingerprint density at radius 1 is 1.06 bits per heavy atom. The fourth-order valence-electron chi connectivity index (χ4n) is 4.46. The van der Waals surface area contributed by atoms with Gasteiger partial charge in [-0.05, 0) is 45.7 Å². The Kier molecular flexibility index (Phi) is 9.34. The molecule has 2 atom stereocenters. The second-order valence-corrected chi connectivity index (χ2v) is 9.68. The maximum atomic E-state index is 5.92. The predicted octanol–water partition coefficient (Wildman–Crippen LogP) is 2.46. The lowest BCUT2D eigenvalue weighted by molar-refractivity contribution is -0.0946. The van der Waals surface area contributed by atoms with Gasteiger partial charge in [0.1, 0.15) is 0 Å². The zero-order valence-electron chi connectivity index (χ0n) is 20.7.